The summed E-state index contributed by atoms with van der Waals surface area (Å²) in [5.74, 6) is -0.766. The number of ether oxygens (including phenoxy) is 1. The molecule has 0 unspecified atom stereocenters. The summed E-state index contributed by atoms with van der Waals surface area (Å²) in [7, 11) is -7.69. The third-order valence-corrected chi connectivity index (χ3v) is 10.2. The van der Waals surface area contributed by atoms with Gasteiger partial charge in [0.15, 0.2) is 0 Å². The molecule has 2 heterocycles. The molecule has 186 valence electrons. The van der Waals surface area contributed by atoms with Crippen LogP contribution in [-0.4, -0.2) is 53.3 Å². The molecule has 0 bridgehead atoms. The Morgan fingerprint density at radius 1 is 1.00 bits per heavy atom. The van der Waals surface area contributed by atoms with E-state index in [1.54, 1.807) is 0 Å². The predicted molar refractivity (Wildman–Crippen MR) is 134 cm³/mol. The van der Waals surface area contributed by atoms with Crippen LogP contribution in [0.4, 0.5) is 11.4 Å². The van der Waals surface area contributed by atoms with Gasteiger partial charge < -0.3 is 9.84 Å². The van der Waals surface area contributed by atoms with Crippen LogP contribution < -0.4 is 9.83 Å². The number of benzene rings is 2. The first-order valence-electron chi connectivity index (χ1n) is 10.1. The molecule has 9 nitrogen and oxygen atoms in total. The van der Waals surface area contributed by atoms with Crippen molar-refractivity contribution in [2.45, 2.75) is 9.10 Å². The van der Waals surface area contributed by atoms with Crippen LogP contribution in [0, 0.1) is 0 Å². The summed E-state index contributed by atoms with van der Waals surface area (Å²) in [5.41, 5.74) is 0.0997. The normalized spacial score (nSPS) is 15.8. The molecular weight excluding hydrogens is 557 g/mol. The zero-order valence-electron chi connectivity index (χ0n) is 17.8. The lowest BCUT2D eigenvalue weighted by Crippen LogP contribution is -2.40. The van der Waals surface area contributed by atoms with Gasteiger partial charge in [0.1, 0.15) is 4.21 Å². The minimum atomic E-state index is -4.00. The predicted octanol–water partition coefficient (Wildman–Crippen LogP) is 3.32. The molecule has 0 atom stereocenters. The molecule has 0 amide bonds. The molecule has 2 aromatic carbocycles. The summed E-state index contributed by atoms with van der Waals surface area (Å²) < 4.78 is 60.1. The number of hydrogen-bond acceptors (Lipinski definition) is 8. The second-order valence-electron chi connectivity index (χ2n) is 7.28. The van der Waals surface area contributed by atoms with Gasteiger partial charge in [-0.15, -0.1) is 11.3 Å². The number of rotatable bonds is 7. The standard InChI is InChI=1S/C21H19Cl2N3O6S3/c22-14-1-6-18(25-34(28,29)20-8-7-19(23)33-20)17(13-14)21(27)24-15-2-4-16(5-3-15)35(30,31)26-9-11-32-12-10-26/h1-8,13,25H,9-12H2,(H,24,27)/p-1. The SMILES string of the molecule is O=S(=O)(Nc1ccc(Cl)cc1C([O-])=Nc1ccc(S(=O)(=O)N2CCOCC2)cc1)c1ccc(Cl)s1. The van der Waals surface area contributed by atoms with Crippen LogP contribution in [0.1, 0.15) is 5.56 Å². The Morgan fingerprint density at radius 3 is 2.31 bits per heavy atom. The van der Waals surface area contributed by atoms with Crippen molar-refractivity contribution in [3.8, 4) is 0 Å². The molecule has 0 saturated carbocycles. The van der Waals surface area contributed by atoms with Crippen molar-refractivity contribution >= 4 is 71.9 Å². The van der Waals surface area contributed by atoms with Gasteiger partial charge in [-0.1, -0.05) is 23.2 Å². The second kappa shape index (κ2) is 10.4. The van der Waals surface area contributed by atoms with E-state index in [1.165, 1.54) is 58.9 Å². The molecule has 14 heteroatoms. The monoisotopic (exact) mass is 574 g/mol. The number of morpholine rings is 1. The van der Waals surface area contributed by atoms with Gasteiger partial charge in [0.2, 0.25) is 10.0 Å². The molecule has 35 heavy (non-hydrogen) atoms. The number of halogens is 2. The van der Waals surface area contributed by atoms with Crippen LogP contribution in [0.2, 0.25) is 9.36 Å². The van der Waals surface area contributed by atoms with Crippen LogP contribution in [0.15, 0.2) is 68.7 Å². The zero-order valence-corrected chi connectivity index (χ0v) is 21.8. The fourth-order valence-electron chi connectivity index (χ4n) is 3.23. The number of thiophene rings is 1. The molecule has 4 rings (SSSR count). The second-order valence-corrected chi connectivity index (χ2v) is 13.3. The maximum absolute atomic E-state index is 12.9. The molecule has 1 aromatic heterocycles. The van der Waals surface area contributed by atoms with Gasteiger partial charge in [-0.3, -0.25) is 9.71 Å². The third kappa shape index (κ3) is 5.97. The Labute approximate surface area is 216 Å². The van der Waals surface area contributed by atoms with Crippen molar-refractivity contribution in [3.63, 3.8) is 0 Å². The summed E-state index contributed by atoms with van der Waals surface area (Å²) in [5, 5.41) is 13.1. The van der Waals surface area contributed by atoms with Crippen molar-refractivity contribution in [3.05, 3.63) is 69.5 Å². The summed E-state index contributed by atoms with van der Waals surface area (Å²) in [6, 6.07) is 12.4. The van der Waals surface area contributed by atoms with Crippen LogP contribution in [0.5, 0.6) is 0 Å². The quantitative estimate of drug-likeness (QED) is 0.340. The number of sulfonamides is 2. The Hall–Kier alpha value is -2.19. The lowest BCUT2D eigenvalue weighted by Gasteiger charge is -2.26. The molecule has 1 aliphatic rings. The molecule has 1 N–H and O–H groups in total. The molecule has 1 aliphatic heterocycles. The Kier molecular flexibility index (Phi) is 7.71. The van der Waals surface area contributed by atoms with Crippen molar-refractivity contribution in [2.75, 3.05) is 31.0 Å². The van der Waals surface area contributed by atoms with Gasteiger partial charge in [-0.05, 0) is 60.5 Å². The van der Waals surface area contributed by atoms with Crippen LogP contribution in [0.25, 0.3) is 0 Å². The van der Waals surface area contributed by atoms with Crippen molar-refractivity contribution in [2.24, 2.45) is 4.99 Å². The largest absolute Gasteiger partial charge is 0.858 e. The van der Waals surface area contributed by atoms with Gasteiger partial charge in [-0.2, -0.15) is 4.31 Å². The smallest absolute Gasteiger partial charge is 0.271 e. The molecule has 3 aromatic rings. The average Bonchev–Trinajstić information content (AvgIpc) is 3.28. The van der Waals surface area contributed by atoms with Gasteiger partial charge in [-0.25, -0.2) is 16.8 Å². The van der Waals surface area contributed by atoms with E-state index in [0.717, 1.165) is 11.3 Å². The lowest BCUT2D eigenvalue weighted by molar-refractivity contribution is -0.212. The molecule has 0 spiro atoms. The number of aliphatic imine (C=N–C) groups is 1. The number of nitrogens with one attached hydrogen (secondary N) is 1. The maximum atomic E-state index is 12.9. The van der Waals surface area contributed by atoms with E-state index in [4.69, 9.17) is 27.9 Å². The topological polar surface area (TPSA) is 128 Å². The highest BCUT2D eigenvalue weighted by Gasteiger charge is 2.26. The van der Waals surface area contributed by atoms with Crippen molar-refractivity contribution < 1.29 is 26.7 Å². The fourth-order valence-corrected chi connectivity index (χ4v) is 7.37. The van der Waals surface area contributed by atoms with Crippen molar-refractivity contribution in [1.29, 1.82) is 0 Å². The molecule has 1 saturated heterocycles. The lowest BCUT2D eigenvalue weighted by atomic mass is 10.2. The first-order valence-corrected chi connectivity index (χ1v) is 14.6. The van der Waals surface area contributed by atoms with E-state index >= 15 is 0 Å². The number of nitrogens with zero attached hydrogens (tertiary/aromatic N) is 2. The van der Waals surface area contributed by atoms with E-state index in [9.17, 15) is 21.9 Å². The number of hydrogen-bond donors (Lipinski definition) is 1. The Bertz CT molecular complexity index is 1470. The highest BCUT2D eigenvalue weighted by molar-refractivity contribution is 7.94. The zero-order chi connectivity index (χ0) is 25.2. The van der Waals surface area contributed by atoms with Gasteiger partial charge in [0, 0.05) is 23.7 Å². The summed E-state index contributed by atoms with van der Waals surface area (Å²) in [6.07, 6.45) is 0. The highest BCUT2D eigenvalue weighted by Crippen LogP contribution is 2.30. The number of anilines is 1. The van der Waals surface area contributed by atoms with Gasteiger partial charge >= 0.3 is 0 Å². The van der Waals surface area contributed by atoms with Crippen LogP contribution in [0.3, 0.4) is 0 Å². The van der Waals surface area contributed by atoms with E-state index in [2.05, 4.69) is 9.71 Å². The van der Waals surface area contributed by atoms with Gasteiger partial charge in [0.25, 0.3) is 10.0 Å². The Balaban J connectivity index is 1.60. The van der Waals surface area contributed by atoms with Crippen LogP contribution in [-0.2, 0) is 24.8 Å². The van der Waals surface area contributed by atoms with E-state index in [1.807, 2.05) is 0 Å². The van der Waals surface area contributed by atoms with E-state index < -0.39 is 25.9 Å². The first-order chi connectivity index (χ1) is 16.6. The van der Waals surface area contributed by atoms with E-state index in [-0.39, 0.29) is 44.2 Å². The average molecular weight is 575 g/mol. The molecular formula is C21H18Cl2N3O6S3-. The highest BCUT2D eigenvalue weighted by atomic mass is 35.5. The summed E-state index contributed by atoms with van der Waals surface area (Å²) in [6.45, 7) is 1.18. The van der Waals surface area contributed by atoms with E-state index in [0.29, 0.717) is 17.6 Å². The third-order valence-electron chi connectivity index (χ3n) is 4.94. The fraction of sp³-hybridized carbons (Fsp3) is 0.190. The van der Waals surface area contributed by atoms with Gasteiger partial charge in [0.05, 0.1) is 33.8 Å². The minimum Gasteiger partial charge on any atom is -0.858 e. The van der Waals surface area contributed by atoms with Crippen LogP contribution >= 0.6 is 34.5 Å². The summed E-state index contributed by atoms with van der Waals surface area (Å²) >= 11 is 12.7. The molecule has 0 radical (unpaired) electrons. The first kappa shape index (κ1) is 25.9. The molecule has 0 aliphatic carbocycles. The Morgan fingerprint density at radius 2 is 1.69 bits per heavy atom. The summed E-state index contributed by atoms with van der Waals surface area (Å²) in [4.78, 5) is 4.06. The maximum Gasteiger partial charge on any atom is 0.271 e. The minimum absolute atomic E-state index is 0.0146. The van der Waals surface area contributed by atoms with Crippen molar-refractivity contribution in [1.82, 2.24) is 4.31 Å². The molecule has 1 fully saturated rings.